The molecule has 19 heavy (non-hydrogen) atoms. The van der Waals surface area contributed by atoms with E-state index in [0.717, 1.165) is 24.1 Å². The summed E-state index contributed by atoms with van der Waals surface area (Å²) in [5, 5.41) is 3.20. The van der Waals surface area contributed by atoms with Crippen molar-refractivity contribution >= 4 is 5.69 Å². The average Bonchev–Trinajstić information content (AvgIpc) is 2.41. The van der Waals surface area contributed by atoms with E-state index in [9.17, 15) is 4.39 Å². The average molecular weight is 266 g/mol. The lowest BCUT2D eigenvalue weighted by atomic mass is 10.0. The number of anilines is 1. The van der Waals surface area contributed by atoms with Gasteiger partial charge in [-0.15, -0.1) is 0 Å². The zero-order chi connectivity index (χ0) is 14.6. The first kappa shape index (κ1) is 16.0. The van der Waals surface area contributed by atoms with Gasteiger partial charge < -0.3 is 10.2 Å². The van der Waals surface area contributed by atoms with Gasteiger partial charge in [0, 0.05) is 24.8 Å². The summed E-state index contributed by atoms with van der Waals surface area (Å²) in [4.78, 5) is 2.29. The first-order valence-electron chi connectivity index (χ1n) is 7.16. The molecule has 0 heterocycles. The summed E-state index contributed by atoms with van der Waals surface area (Å²) < 4.78 is 13.8. The van der Waals surface area contributed by atoms with Gasteiger partial charge in [0.1, 0.15) is 5.82 Å². The standard InChI is InChI=1S/C16H27FN2/c1-7-13(8-2)19(6)16-9-11(3)15(17)10-14(16)12(4)18-5/h9-10,12-13,18H,7-8H2,1-6H3. The summed E-state index contributed by atoms with van der Waals surface area (Å²) in [6, 6.07) is 4.27. The molecule has 108 valence electrons. The molecule has 1 N–H and O–H groups in total. The quantitative estimate of drug-likeness (QED) is 0.836. The maximum absolute atomic E-state index is 13.8. The highest BCUT2D eigenvalue weighted by atomic mass is 19.1. The number of benzene rings is 1. The Kier molecular flexibility index (Phi) is 5.80. The summed E-state index contributed by atoms with van der Waals surface area (Å²) in [7, 11) is 4.01. The molecule has 2 nitrogen and oxygen atoms in total. The van der Waals surface area contributed by atoms with Crippen LogP contribution >= 0.6 is 0 Å². The first-order chi connectivity index (χ1) is 8.96. The summed E-state index contributed by atoms with van der Waals surface area (Å²) in [6.07, 6.45) is 2.19. The minimum atomic E-state index is -0.126. The second kappa shape index (κ2) is 6.90. The largest absolute Gasteiger partial charge is 0.371 e. The molecule has 0 saturated heterocycles. The predicted molar refractivity (Wildman–Crippen MR) is 81.4 cm³/mol. The van der Waals surface area contributed by atoms with Gasteiger partial charge in [-0.2, -0.15) is 0 Å². The number of hydrogen-bond donors (Lipinski definition) is 1. The van der Waals surface area contributed by atoms with Crippen LogP contribution in [-0.4, -0.2) is 20.1 Å². The van der Waals surface area contributed by atoms with Crippen molar-refractivity contribution < 1.29 is 4.39 Å². The van der Waals surface area contributed by atoms with Gasteiger partial charge in [0.05, 0.1) is 0 Å². The maximum atomic E-state index is 13.8. The van der Waals surface area contributed by atoms with Crippen molar-refractivity contribution in [3.05, 3.63) is 29.1 Å². The van der Waals surface area contributed by atoms with E-state index in [-0.39, 0.29) is 11.9 Å². The van der Waals surface area contributed by atoms with Crippen molar-refractivity contribution in [3.8, 4) is 0 Å². The minimum absolute atomic E-state index is 0.126. The maximum Gasteiger partial charge on any atom is 0.126 e. The van der Waals surface area contributed by atoms with Gasteiger partial charge in [-0.3, -0.25) is 0 Å². The summed E-state index contributed by atoms with van der Waals surface area (Å²) in [5.41, 5.74) is 2.87. The Bertz CT molecular complexity index is 413. The Balaban J connectivity index is 3.27. The lowest BCUT2D eigenvalue weighted by Gasteiger charge is -2.32. The highest BCUT2D eigenvalue weighted by Crippen LogP contribution is 2.30. The van der Waals surface area contributed by atoms with Crippen molar-refractivity contribution in [3.63, 3.8) is 0 Å². The van der Waals surface area contributed by atoms with Gasteiger partial charge in [0.25, 0.3) is 0 Å². The van der Waals surface area contributed by atoms with Crippen LogP contribution in [0.1, 0.15) is 50.8 Å². The van der Waals surface area contributed by atoms with Crippen LogP contribution in [0.25, 0.3) is 0 Å². The van der Waals surface area contributed by atoms with Crippen LogP contribution in [0.4, 0.5) is 10.1 Å². The molecule has 1 rings (SSSR count). The zero-order valence-corrected chi connectivity index (χ0v) is 13.0. The van der Waals surface area contributed by atoms with Crippen molar-refractivity contribution in [1.29, 1.82) is 0 Å². The van der Waals surface area contributed by atoms with Crippen LogP contribution in [0.3, 0.4) is 0 Å². The van der Waals surface area contributed by atoms with Gasteiger partial charge in [0.2, 0.25) is 0 Å². The number of aryl methyl sites for hydroxylation is 1. The van der Waals surface area contributed by atoms with Crippen LogP contribution in [0.2, 0.25) is 0 Å². The molecule has 1 atom stereocenters. The topological polar surface area (TPSA) is 15.3 Å². The lowest BCUT2D eigenvalue weighted by Crippen LogP contribution is -2.32. The molecule has 1 aromatic rings. The molecule has 1 unspecified atom stereocenters. The van der Waals surface area contributed by atoms with Crippen LogP contribution in [0.15, 0.2) is 12.1 Å². The molecule has 0 aliphatic carbocycles. The Morgan fingerprint density at radius 1 is 1.26 bits per heavy atom. The highest BCUT2D eigenvalue weighted by molar-refractivity contribution is 5.57. The third-order valence-electron chi connectivity index (χ3n) is 4.08. The third-order valence-corrected chi connectivity index (χ3v) is 4.08. The van der Waals surface area contributed by atoms with Crippen molar-refractivity contribution in [2.75, 3.05) is 19.0 Å². The van der Waals surface area contributed by atoms with Gasteiger partial charge in [0.15, 0.2) is 0 Å². The molecular formula is C16H27FN2. The number of rotatable bonds is 6. The van der Waals surface area contributed by atoms with E-state index in [1.807, 2.05) is 20.0 Å². The fourth-order valence-corrected chi connectivity index (χ4v) is 2.52. The normalized spacial score (nSPS) is 12.8. The van der Waals surface area contributed by atoms with Crippen molar-refractivity contribution in [2.45, 2.75) is 52.6 Å². The van der Waals surface area contributed by atoms with Crippen LogP contribution < -0.4 is 10.2 Å². The van der Waals surface area contributed by atoms with Crippen LogP contribution in [0.5, 0.6) is 0 Å². The molecule has 1 aromatic carbocycles. The molecule has 0 saturated carbocycles. The second-order valence-corrected chi connectivity index (χ2v) is 5.25. The fraction of sp³-hybridized carbons (Fsp3) is 0.625. The van der Waals surface area contributed by atoms with Crippen molar-refractivity contribution in [2.24, 2.45) is 0 Å². The number of halogens is 1. The van der Waals surface area contributed by atoms with E-state index in [0.29, 0.717) is 11.6 Å². The molecule has 0 aliphatic heterocycles. The first-order valence-corrected chi connectivity index (χ1v) is 7.16. The van der Waals surface area contributed by atoms with Gasteiger partial charge >= 0.3 is 0 Å². The molecule has 0 bridgehead atoms. The van der Waals surface area contributed by atoms with Gasteiger partial charge in [-0.05, 0) is 57.0 Å². The molecule has 0 aliphatic rings. The van der Waals surface area contributed by atoms with Crippen LogP contribution in [-0.2, 0) is 0 Å². The SMILES string of the molecule is CCC(CC)N(C)c1cc(C)c(F)cc1C(C)NC. The van der Waals surface area contributed by atoms with Gasteiger partial charge in [-0.1, -0.05) is 13.8 Å². The van der Waals surface area contributed by atoms with E-state index < -0.39 is 0 Å². The zero-order valence-electron chi connectivity index (χ0n) is 13.0. The Hall–Kier alpha value is -1.09. The molecular weight excluding hydrogens is 239 g/mol. The van der Waals surface area contributed by atoms with E-state index >= 15 is 0 Å². The third kappa shape index (κ3) is 3.47. The number of hydrogen-bond acceptors (Lipinski definition) is 2. The molecule has 0 amide bonds. The van der Waals surface area contributed by atoms with Gasteiger partial charge in [-0.25, -0.2) is 4.39 Å². The summed E-state index contributed by atoms with van der Waals surface area (Å²) in [6.45, 7) is 8.28. The van der Waals surface area contributed by atoms with Crippen LogP contribution in [0, 0.1) is 12.7 Å². The van der Waals surface area contributed by atoms with Crippen molar-refractivity contribution in [1.82, 2.24) is 5.32 Å². The Morgan fingerprint density at radius 3 is 2.32 bits per heavy atom. The molecule has 0 aromatic heterocycles. The highest BCUT2D eigenvalue weighted by Gasteiger charge is 2.19. The lowest BCUT2D eigenvalue weighted by molar-refractivity contribution is 0.573. The van der Waals surface area contributed by atoms with E-state index in [1.54, 1.807) is 6.07 Å². The molecule has 0 fully saturated rings. The smallest absolute Gasteiger partial charge is 0.126 e. The summed E-state index contributed by atoms with van der Waals surface area (Å²) >= 11 is 0. The van der Waals surface area contributed by atoms with E-state index in [1.165, 1.54) is 0 Å². The second-order valence-electron chi connectivity index (χ2n) is 5.25. The molecule has 3 heteroatoms. The van der Waals surface area contributed by atoms with E-state index in [2.05, 4.69) is 38.0 Å². The Labute approximate surface area is 117 Å². The molecule has 0 spiro atoms. The summed E-state index contributed by atoms with van der Waals surface area (Å²) in [5.74, 6) is -0.126. The molecule has 0 radical (unpaired) electrons. The fourth-order valence-electron chi connectivity index (χ4n) is 2.52. The minimum Gasteiger partial charge on any atom is -0.371 e. The predicted octanol–water partition coefficient (Wildman–Crippen LogP) is 4.04. The Morgan fingerprint density at radius 2 is 1.84 bits per heavy atom. The van der Waals surface area contributed by atoms with E-state index in [4.69, 9.17) is 0 Å². The number of nitrogens with one attached hydrogen (secondary N) is 1. The monoisotopic (exact) mass is 266 g/mol. The number of nitrogens with zero attached hydrogens (tertiary/aromatic N) is 1.